The van der Waals surface area contributed by atoms with Crippen molar-refractivity contribution in [2.24, 2.45) is 0 Å². The predicted octanol–water partition coefficient (Wildman–Crippen LogP) is 3.59. The van der Waals surface area contributed by atoms with Crippen molar-refractivity contribution in [3.05, 3.63) is 69.2 Å². The lowest BCUT2D eigenvalue weighted by Gasteiger charge is -2.28. The molecule has 1 fully saturated rings. The summed E-state index contributed by atoms with van der Waals surface area (Å²) in [4.78, 5) is 22.1. The highest BCUT2D eigenvalue weighted by Crippen LogP contribution is 2.29. The molecule has 0 saturated carbocycles. The Hall–Kier alpha value is -2.88. The monoisotopic (exact) mass is 468 g/mol. The number of nitrogens with zero attached hydrogens (tertiary/aromatic N) is 5. The van der Waals surface area contributed by atoms with Crippen LogP contribution >= 0.6 is 23.4 Å². The summed E-state index contributed by atoms with van der Waals surface area (Å²) >= 11 is 7.49. The standard InChI is InChI=1S/C22H21ClN6O2S/c1-14-3-2-4-16(11-14)29-21(28-7-9-31-10-8-28)26-27-22(29)32-13-19-24-18-6-5-15(23)12-17(18)20(30)25-19/h2-6,11-12H,7-10,13H2,1H3,(H,24,25,30). The molecule has 0 radical (unpaired) electrons. The predicted molar refractivity (Wildman–Crippen MR) is 126 cm³/mol. The second-order valence-electron chi connectivity index (χ2n) is 7.52. The van der Waals surface area contributed by atoms with Crippen LogP contribution in [0, 0.1) is 6.92 Å². The molecule has 1 aliphatic heterocycles. The molecule has 1 N–H and O–H groups in total. The lowest BCUT2D eigenvalue weighted by Crippen LogP contribution is -2.37. The van der Waals surface area contributed by atoms with Gasteiger partial charge in [-0.05, 0) is 42.8 Å². The minimum Gasteiger partial charge on any atom is -0.378 e. The van der Waals surface area contributed by atoms with Gasteiger partial charge in [-0.2, -0.15) is 0 Å². The number of anilines is 1. The van der Waals surface area contributed by atoms with E-state index in [0.717, 1.165) is 35.4 Å². The molecule has 1 saturated heterocycles. The van der Waals surface area contributed by atoms with Crippen molar-refractivity contribution in [2.45, 2.75) is 17.8 Å². The number of benzene rings is 2. The Kier molecular flexibility index (Phi) is 5.86. The topological polar surface area (TPSA) is 88.9 Å². The van der Waals surface area contributed by atoms with Gasteiger partial charge in [0.05, 0.1) is 35.6 Å². The third kappa shape index (κ3) is 4.23. The number of hydrogen-bond donors (Lipinski definition) is 1. The average molecular weight is 469 g/mol. The molecule has 0 bridgehead atoms. The first-order valence-electron chi connectivity index (χ1n) is 10.2. The molecule has 3 heterocycles. The first kappa shape index (κ1) is 21.0. The third-order valence-corrected chi connectivity index (χ3v) is 6.40. The number of thioether (sulfide) groups is 1. The zero-order valence-corrected chi connectivity index (χ0v) is 19.0. The largest absolute Gasteiger partial charge is 0.378 e. The van der Waals surface area contributed by atoms with E-state index in [4.69, 9.17) is 16.3 Å². The molecule has 32 heavy (non-hydrogen) atoms. The SMILES string of the molecule is Cc1cccc(-n2c(SCc3nc4ccc(Cl)cc4c(=O)[nH]3)nnc2N2CCOCC2)c1. The summed E-state index contributed by atoms with van der Waals surface area (Å²) in [6, 6.07) is 13.4. The first-order valence-corrected chi connectivity index (χ1v) is 11.6. The number of hydrogen-bond acceptors (Lipinski definition) is 7. The number of aryl methyl sites for hydroxylation is 1. The van der Waals surface area contributed by atoms with Gasteiger partial charge in [-0.25, -0.2) is 4.98 Å². The summed E-state index contributed by atoms with van der Waals surface area (Å²) in [6.45, 7) is 4.91. The van der Waals surface area contributed by atoms with Gasteiger partial charge in [0, 0.05) is 18.1 Å². The maximum Gasteiger partial charge on any atom is 0.258 e. The minimum absolute atomic E-state index is 0.206. The molecule has 0 aliphatic carbocycles. The molecular weight excluding hydrogens is 448 g/mol. The number of H-pyrrole nitrogens is 1. The van der Waals surface area contributed by atoms with Gasteiger partial charge in [-0.15, -0.1) is 10.2 Å². The fraction of sp³-hybridized carbons (Fsp3) is 0.273. The van der Waals surface area contributed by atoms with Crippen molar-refractivity contribution >= 4 is 40.2 Å². The number of aromatic nitrogens is 5. The van der Waals surface area contributed by atoms with Crippen LogP contribution in [0.2, 0.25) is 5.02 Å². The van der Waals surface area contributed by atoms with Crippen LogP contribution in [0.25, 0.3) is 16.6 Å². The van der Waals surface area contributed by atoms with E-state index in [1.54, 1.807) is 18.2 Å². The van der Waals surface area contributed by atoms with Crippen molar-refractivity contribution < 1.29 is 4.74 Å². The molecule has 8 nitrogen and oxygen atoms in total. The van der Waals surface area contributed by atoms with Crippen LogP contribution in [0.3, 0.4) is 0 Å². The van der Waals surface area contributed by atoms with E-state index in [9.17, 15) is 4.79 Å². The molecule has 164 valence electrons. The molecule has 2 aromatic heterocycles. The van der Waals surface area contributed by atoms with Crippen LogP contribution in [0.1, 0.15) is 11.4 Å². The Morgan fingerprint density at radius 3 is 2.81 bits per heavy atom. The maximum atomic E-state index is 12.5. The van der Waals surface area contributed by atoms with Gasteiger partial charge in [-0.3, -0.25) is 9.36 Å². The van der Waals surface area contributed by atoms with Crippen LogP contribution in [0.4, 0.5) is 5.95 Å². The van der Waals surface area contributed by atoms with Gasteiger partial charge in [0.15, 0.2) is 5.16 Å². The number of rotatable bonds is 5. The lowest BCUT2D eigenvalue weighted by molar-refractivity contribution is 0.122. The number of nitrogens with one attached hydrogen (secondary N) is 1. The third-order valence-electron chi connectivity index (χ3n) is 5.22. The van der Waals surface area contributed by atoms with E-state index in [2.05, 4.69) is 48.7 Å². The van der Waals surface area contributed by atoms with E-state index >= 15 is 0 Å². The van der Waals surface area contributed by atoms with E-state index < -0.39 is 0 Å². The Labute approximate surface area is 193 Å². The molecule has 0 amide bonds. The number of fused-ring (bicyclic) bond motifs is 1. The van der Waals surface area contributed by atoms with Crippen molar-refractivity contribution in [3.8, 4) is 5.69 Å². The zero-order valence-electron chi connectivity index (χ0n) is 17.4. The Balaban J connectivity index is 1.48. The van der Waals surface area contributed by atoms with Gasteiger partial charge in [-0.1, -0.05) is 35.5 Å². The summed E-state index contributed by atoms with van der Waals surface area (Å²) in [5, 5.41) is 10.7. The van der Waals surface area contributed by atoms with E-state index in [1.807, 2.05) is 12.1 Å². The highest BCUT2D eigenvalue weighted by Gasteiger charge is 2.22. The van der Waals surface area contributed by atoms with E-state index in [1.165, 1.54) is 11.8 Å². The number of morpholine rings is 1. The molecule has 10 heteroatoms. The fourth-order valence-electron chi connectivity index (χ4n) is 3.68. The molecule has 2 aromatic carbocycles. The van der Waals surface area contributed by atoms with Crippen molar-refractivity contribution in [3.63, 3.8) is 0 Å². The maximum absolute atomic E-state index is 12.5. The summed E-state index contributed by atoms with van der Waals surface area (Å²) in [5.41, 5.74) is 2.55. The smallest absolute Gasteiger partial charge is 0.258 e. The highest BCUT2D eigenvalue weighted by molar-refractivity contribution is 7.98. The lowest BCUT2D eigenvalue weighted by atomic mass is 10.2. The van der Waals surface area contributed by atoms with E-state index in [0.29, 0.717) is 40.7 Å². The average Bonchev–Trinajstić information content (AvgIpc) is 3.23. The van der Waals surface area contributed by atoms with Gasteiger partial charge in [0.2, 0.25) is 5.95 Å². The van der Waals surface area contributed by atoms with E-state index in [-0.39, 0.29) is 5.56 Å². The zero-order chi connectivity index (χ0) is 22.1. The number of aromatic amines is 1. The molecule has 1 aliphatic rings. The van der Waals surface area contributed by atoms with Crippen LogP contribution in [0.5, 0.6) is 0 Å². The molecule has 0 unspecified atom stereocenters. The Morgan fingerprint density at radius 1 is 1.16 bits per heavy atom. The van der Waals surface area contributed by atoms with Crippen molar-refractivity contribution in [1.82, 2.24) is 24.7 Å². The van der Waals surface area contributed by atoms with Gasteiger partial charge in [0.1, 0.15) is 5.82 Å². The van der Waals surface area contributed by atoms with Gasteiger partial charge in [0.25, 0.3) is 5.56 Å². The normalized spacial score (nSPS) is 14.2. The van der Waals surface area contributed by atoms with Crippen LogP contribution in [0.15, 0.2) is 52.4 Å². The number of ether oxygens (including phenoxy) is 1. The van der Waals surface area contributed by atoms with Gasteiger partial charge < -0.3 is 14.6 Å². The molecule has 0 atom stereocenters. The summed E-state index contributed by atoms with van der Waals surface area (Å²) < 4.78 is 7.55. The van der Waals surface area contributed by atoms with Crippen LogP contribution in [-0.4, -0.2) is 51.0 Å². The van der Waals surface area contributed by atoms with Crippen molar-refractivity contribution in [1.29, 1.82) is 0 Å². The fourth-order valence-corrected chi connectivity index (χ4v) is 4.67. The molecule has 0 spiro atoms. The summed E-state index contributed by atoms with van der Waals surface area (Å²) in [5.74, 6) is 1.80. The summed E-state index contributed by atoms with van der Waals surface area (Å²) in [7, 11) is 0. The summed E-state index contributed by atoms with van der Waals surface area (Å²) in [6.07, 6.45) is 0. The molecular formula is C22H21ClN6O2S. The Morgan fingerprint density at radius 2 is 2.00 bits per heavy atom. The van der Waals surface area contributed by atoms with Crippen molar-refractivity contribution in [2.75, 3.05) is 31.2 Å². The second-order valence-corrected chi connectivity index (χ2v) is 8.90. The number of halogens is 1. The van der Waals surface area contributed by atoms with Gasteiger partial charge >= 0.3 is 0 Å². The quantitative estimate of drug-likeness (QED) is 0.447. The Bertz CT molecular complexity index is 1330. The van der Waals surface area contributed by atoms with Crippen LogP contribution < -0.4 is 10.5 Å². The highest BCUT2D eigenvalue weighted by atomic mass is 35.5. The second kappa shape index (κ2) is 8.93. The molecule has 5 rings (SSSR count). The van der Waals surface area contributed by atoms with Crippen LogP contribution in [-0.2, 0) is 10.5 Å². The first-order chi connectivity index (χ1) is 15.6. The molecule has 4 aromatic rings. The minimum atomic E-state index is -0.206.